The summed E-state index contributed by atoms with van der Waals surface area (Å²) in [5.74, 6) is 0. The second kappa shape index (κ2) is 6.30. The molecule has 0 spiro atoms. The molecule has 3 nitrogen and oxygen atoms in total. The molecule has 2 aromatic rings. The van der Waals surface area contributed by atoms with E-state index in [2.05, 4.69) is 53.4 Å². The van der Waals surface area contributed by atoms with E-state index in [9.17, 15) is 0 Å². The number of nitrogens with one attached hydrogen (secondary N) is 1. The Balaban J connectivity index is 1.82. The fourth-order valence-electron chi connectivity index (χ4n) is 3.05. The van der Waals surface area contributed by atoms with Crippen LogP contribution >= 0.6 is 11.6 Å². The monoisotopic (exact) mass is 303 g/mol. The number of hydrogen-bond acceptors (Lipinski definition) is 3. The smallest absolute Gasteiger partial charge is 0.134 e. The average Bonchev–Trinajstić information content (AvgIpc) is 2.49. The van der Waals surface area contributed by atoms with E-state index < -0.39 is 0 Å². The number of hydrogen-bond donors (Lipinski definition) is 1. The van der Waals surface area contributed by atoms with E-state index in [1.54, 1.807) is 0 Å². The second-order valence-electron chi connectivity index (χ2n) is 6.03. The first kappa shape index (κ1) is 14.8. The number of nitrogens with zero attached hydrogens (tertiary/aromatic N) is 2. The fraction of sp³-hybridized carbons (Fsp3) is 0.471. The Bertz CT molecular complexity index is 635. The van der Waals surface area contributed by atoms with Crippen LogP contribution in [-0.2, 0) is 6.54 Å². The van der Waals surface area contributed by atoms with Crippen molar-refractivity contribution < 1.29 is 0 Å². The summed E-state index contributed by atoms with van der Waals surface area (Å²) in [6, 6.07) is 9.15. The molecule has 1 fully saturated rings. The van der Waals surface area contributed by atoms with E-state index in [-0.39, 0.29) is 0 Å². The summed E-state index contributed by atoms with van der Waals surface area (Å²) in [5, 5.41) is 5.21. The van der Waals surface area contributed by atoms with Crippen LogP contribution in [0.15, 0.2) is 24.3 Å². The van der Waals surface area contributed by atoms with E-state index in [0.29, 0.717) is 11.2 Å². The highest BCUT2D eigenvalue weighted by Crippen LogP contribution is 2.24. The first-order valence-electron chi connectivity index (χ1n) is 7.60. The lowest BCUT2D eigenvalue weighted by atomic mass is 10.0. The van der Waals surface area contributed by atoms with Crippen LogP contribution in [0.4, 0.5) is 0 Å². The van der Waals surface area contributed by atoms with Crippen molar-refractivity contribution in [2.45, 2.75) is 32.4 Å². The highest BCUT2D eigenvalue weighted by molar-refractivity contribution is 6.30. The molecule has 112 valence electrons. The van der Waals surface area contributed by atoms with Gasteiger partial charge in [-0.25, -0.2) is 4.98 Å². The van der Waals surface area contributed by atoms with Crippen molar-refractivity contribution >= 4 is 22.5 Å². The van der Waals surface area contributed by atoms with Crippen LogP contribution in [0.1, 0.15) is 24.0 Å². The standard InChI is InChI=1S/C17H22ClN3/c1-12-3-4-13-10-14(17(18)20-16(13)9-12)11-21(2)15-5-7-19-8-6-15/h3-4,9-10,15,19H,5-8,11H2,1-2H3. The van der Waals surface area contributed by atoms with Crippen molar-refractivity contribution in [3.05, 3.63) is 40.5 Å². The van der Waals surface area contributed by atoms with Crippen LogP contribution in [0, 0.1) is 6.92 Å². The van der Waals surface area contributed by atoms with Gasteiger partial charge in [-0.15, -0.1) is 0 Å². The number of halogens is 1. The quantitative estimate of drug-likeness (QED) is 0.881. The fourth-order valence-corrected chi connectivity index (χ4v) is 3.26. The SMILES string of the molecule is Cc1ccc2cc(CN(C)C3CCNCC3)c(Cl)nc2c1. The van der Waals surface area contributed by atoms with Crippen LogP contribution in [-0.4, -0.2) is 36.1 Å². The first-order chi connectivity index (χ1) is 10.1. The lowest BCUT2D eigenvalue weighted by Crippen LogP contribution is -2.40. The van der Waals surface area contributed by atoms with Gasteiger partial charge >= 0.3 is 0 Å². The molecule has 21 heavy (non-hydrogen) atoms. The molecule has 0 atom stereocenters. The van der Waals surface area contributed by atoms with Crippen molar-refractivity contribution in [1.82, 2.24) is 15.2 Å². The van der Waals surface area contributed by atoms with Gasteiger partial charge in [0.1, 0.15) is 5.15 Å². The van der Waals surface area contributed by atoms with Crippen LogP contribution in [0.2, 0.25) is 5.15 Å². The van der Waals surface area contributed by atoms with Gasteiger partial charge < -0.3 is 5.32 Å². The van der Waals surface area contributed by atoms with Crippen molar-refractivity contribution in [3.63, 3.8) is 0 Å². The van der Waals surface area contributed by atoms with Gasteiger partial charge in [-0.05, 0) is 57.6 Å². The number of fused-ring (bicyclic) bond motifs is 1. The van der Waals surface area contributed by atoms with Gasteiger partial charge in [0.05, 0.1) is 5.52 Å². The van der Waals surface area contributed by atoms with E-state index in [1.807, 2.05) is 0 Å². The molecule has 4 heteroatoms. The van der Waals surface area contributed by atoms with Gasteiger partial charge in [-0.2, -0.15) is 0 Å². The summed E-state index contributed by atoms with van der Waals surface area (Å²) < 4.78 is 0. The van der Waals surface area contributed by atoms with Gasteiger partial charge in [-0.3, -0.25) is 4.90 Å². The lowest BCUT2D eigenvalue weighted by Gasteiger charge is -2.31. The minimum atomic E-state index is 0.633. The summed E-state index contributed by atoms with van der Waals surface area (Å²) in [6.45, 7) is 5.16. The number of piperidine rings is 1. The number of aryl methyl sites for hydroxylation is 1. The topological polar surface area (TPSA) is 28.2 Å². The van der Waals surface area contributed by atoms with Crippen LogP contribution in [0.25, 0.3) is 10.9 Å². The molecule has 3 rings (SSSR count). The predicted octanol–water partition coefficient (Wildman–Crippen LogP) is 3.38. The number of aromatic nitrogens is 1. The summed E-state index contributed by atoms with van der Waals surface area (Å²) in [7, 11) is 2.19. The third-order valence-corrected chi connectivity index (χ3v) is 4.68. The van der Waals surface area contributed by atoms with E-state index in [0.717, 1.165) is 30.7 Å². The molecular weight excluding hydrogens is 282 g/mol. The molecule has 0 radical (unpaired) electrons. The van der Waals surface area contributed by atoms with Crippen molar-refractivity contribution in [2.75, 3.05) is 20.1 Å². The minimum absolute atomic E-state index is 0.633. The van der Waals surface area contributed by atoms with Crippen molar-refractivity contribution in [1.29, 1.82) is 0 Å². The highest BCUT2D eigenvalue weighted by Gasteiger charge is 2.19. The maximum Gasteiger partial charge on any atom is 0.134 e. The normalized spacial score (nSPS) is 16.8. The molecule has 2 heterocycles. The molecule has 1 aliphatic rings. The molecule has 0 saturated carbocycles. The molecule has 0 amide bonds. The highest BCUT2D eigenvalue weighted by atomic mass is 35.5. The van der Waals surface area contributed by atoms with Crippen molar-refractivity contribution in [2.24, 2.45) is 0 Å². The summed E-state index contributed by atoms with van der Waals surface area (Å²) in [6.07, 6.45) is 2.41. The maximum atomic E-state index is 6.39. The lowest BCUT2D eigenvalue weighted by molar-refractivity contribution is 0.192. The van der Waals surface area contributed by atoms with Gasteiger partial charge in [0, 0.05) is 23.5 Å². The van der Waals surface area contributed by atoms with Crippen molar-refractivity contribution in [3.8, 4) is 0 Å². The zero-order valence-electron chi connectivity index (χ0n) is 12.7. The Hall–Kier alpha value is -1.16. The first-order valence-corrected chi connectivity index (χ1v) is 7.98. The molecule has 0 bridgehead atoms. The Morgan fingerprint density at radius 1 is 1.29 bits per heavy atom. The second-order valence-corrected chi connectivity index (χ2v) is 6.39. The van der Waals surface area contributed by atoms with Gasteiger partial charge in [0.15, 0.2) is 0 Å². The van der Waals surface area contributed by atoms with E-state index >= 15 is 0 Å². The molecule has 1 aliphatic heterocycles. The molecule has 1 aromatic heterocycles. The Labute approximate surface area is 131 Å². The Kier molecular flexibility index (Phi) is 4.43. The average molecular weight is 304 g/mol. The van der Waals surface area contributed by atoms with Gasteiger partial charge in [0.25, 0.3) is 0 Å². The Morgan fingerprint density at radius 3 is 2.81 bits per heavy atom. The molecular formula is C17H22ClN3. The molecule has 1 aromatic carbocycles. The maximum absolute atomic E-state index is 6.39. The number of rotatable bonds is 3. The van der Waals surface area contributed by atoms with Gasteiger partial charge in [0.2, 0.25) is 0 Å². The molecule has 1 N–H and O–H groups in total. The molecule has 1 saturated heterocycles. The zero-order chi connectivity index (χ0) is 14.8. The largest absolute Gasteiger partial charge is 0.317 e. The van der Waals surface area contributed by atoms with Crippen LogP contribution < -0.4 is 5.32 Å². The summed E-state index contributed by atoms with van der Waals surface area (Å²) in [5.41, 5.74) is 3.31. The molecule has 0 unspecified atom stereocenters. The van der Waals surface area contributed by atoms with E-state index in [1.165, 1.54) is 23.8 Å². The van der Waals surface area contributed by atoms with E-state index in [4.69, 9.17) is 11.6 Å². The molecule has 0 aliphatic carbocycles. The number of benzene rings is 1. The van der Waals surface area contributed by atoms with Gasteiger partial charge in [-0.1, -0.05) is 23.7 Å². The summed E-state index contributed by atoms with van der Waals surface area (Å²) in [4.78, 5) is 6.97. The number of pyridine rings is 1. The Morgan fingerprint density at radius 2 is 2.05 bits per heavy atom. The zero-order valence-corrected chi connectivity index (χ0v) is 13.5. The predicted molar refractivity (Wildman–Crippen MR) is 88.8 cm³/mol. The summed E-state index contributed by atoms with van der Waals surface area (Å²) >= 11 is 6.39. The van der Waals surface area contributed by atoms with Crippen LogP contribution in [0.5, 0.6) is 0 Å². The third-order valence-electron chi connectivity index (χ3n) is 4.35. The van der Waals surface area contributed by atoms with Crippen LogP contribution in [0.3, 0.4) is 0 Å². The third kappa shape index (κ3) is 3.37. The minimum Gasteiger partial charge on any atom is -0.317 e.